The van der Waals surface area contributed by atoms with Gasteiger partial charge in [0, 0.05) is 18.8 Å². The molecule has 1 heterocycles. The van der Waals surface area contributed by atoms with Crippen molar-refractivity contribution < 1.29 is 14.3 Å². The summed E-state index contributed by atoms with van der Waals surface area (Å²) in [4.78, 5) is 15.2. The first-order chi connectivity index (χ1) is 13.1. The maximum Gasteiger partial charge on any atom is 0.256 e. The summed E-state index contributed by atoms with van der Waals surface area (Å²) in [6.45, 7) is 10.7. The first-order valence-corrected chi connectivity index (χ1v) is 10.5. The molecular weight excluding hydrogens is 340 g/mol. The summed E-state index contributed by atoms with van der Waals surface area (Å²) < 4.78 is 11.7. The second-order valence-electron chi connectivity index (χ2n) is 7.56. The van der Waals surface area contributed by atoms with E-state index in [1.54, 1.807) is 0 Å². The normalized spacial score (nSPS) is 16.9. The molecule has 0 saturated carbocycles. The average Bonchev–Trinajstić information content (AvgIpc) is 3.19. The molecule has 1 aromatic carbocycles. The van der Waals surface area contributed by atoms with Crippen LogP contribution in [-0.4, -0.2) is 49.3 Å². The minimum atomic E-state index is -0.781. The SMILES string of the molecule is CCCCC(C)(OCCC)C(=O)Nc1ccc(OCCN2CCCC2)cc1. The van der Waals surface area contributed by atoms with Crippen molar-refractivity contribution in [2.45, 2.75) is 64.9 Å². The van der Waals surface area contributed by atoms with Crippen molar-refractivity contribution in [2.24, 2.45) is 0 Å². The minimum absolute atomic E-state index is 0.0768. The molecule has 1 aromatic rings. The highest BCUT2D eigenvalue weighted by molar-refractivity contribution is 5.97. The van der Waals surface area contributed by atoms with Gasteiger partial charge in [0.25, 0.3) is 5.91 Å². The molecule has 0 bridgehead atoms. The Morgan fingerprint density at radius 2 is 1.81 bits per heavy atom. The summed E-state index contributed by atoms with van der Waals surface area (Å²) >= 11 is 0. The number of hydrogen-bond donors (Lipinski definition) is 1. The van der Waals surface area contributed by atoms with Crippen LogP contribution in [0.5, 0.6) is 5.75 Å². The van der Waals surface area contributed by atoms with Crippen LogP contribution in [0.3, 0.4) is 0 Å². The van der Waals surface area contributed by atoms with E-state index in [4.69, 9.17) is 9.47 Å². The molecule has 5 nitrogen and oxygen atoms in total. The Labute approximate surface area is 164 Å². The van der Waals surface area contributed by atoms with Gasteiger partial charge in [0.1, 0.15) is 18.0 Å². The third-order valence-electron chi connectivity index (χ3n) is 5.10. The van der Waals surface area contributed by atoms with Crippen molar-refractivity contribution in [3.8, 4) is 5.75 Å². The quantitative estimate of drug-likeness (QED) is 0.584. The lowest BCUT2D eigenvalue weighted by Crippen LogP contribution is -2.43. The molecule has 1 saturated heterocycles. The number of nitrogens with one attached hydrogen (secondary N) is 1. The maximum atomic E-state index is 12.8. The molecule has 0 spiro atoms. The van der Waals surface area contributed by atoms with Crippen molar-refractivity contribution in [1.29, 1.82) is 0 Å². The number of benzene rings is 1. The standard InChI is InChI=1S/C22H36N2O3/c1-4-6-13-22(3,27-17-5-2)21(25)23-19-9-11-20(12-10-19)26-18-16-24-14-7-8-15-24/h9-12H,4-8,13-18H2,1-3H3,(H,23,25). The van der Waals surface area contributed by atoms with E-state index in [0.717, 1.165) is 43.7 Å². The van der Waals surface area contributed by atoms with Gasteiger partial charge in [-0.15, -0.1) is 0 Å². The van der Waals surface area contributed by atoms with E-state index < -0.39 is 5.60 Å². The maximum absolute atomic E-state index is 12.8. The largest absolute Gasteiger partial charge is 0.492 e. The van der Waals surface area contributed by atoms with Gasteiger partial charge in [-0.1, -0.05) is 26.7 Å². The Morgan fingerprint density at radius 1 is 1.11 bits per heavy atom. The molecule has 1 fully saturated rings. The summed E-state index contributed by atoms with van der Waals surface area (Å²) in [5.74, 6) is 0.760. The monoisotopic (exact) mass is 376 g/mol. The minimum Gasteiger partial charge on any atom is -0.492 e. The topological polar surface area (TPSA) is 50.8 Å². The predicted octanol–water partition coefficient (Wildman–Crippen LogP) is 4.48. The van der Waals surface area contributed by atoms with Crippen LogP contribution >= 0.6 is 0 Å². The van der Waals surface area contributed by atoms with E-state index in [9.17, 15) is 4.79 Å². The van der Waals surface area contributed by atoms with E-state index in [1.165, 1.54) is 25.9 Å². The highest BCUT2D eigenvalue weighted by atomic mass is 16.5. The molecular formula is C22H36N2O3. The molecule has 1 unspecified atom stereocenters. The molecule has 1 aliphatic heterocycles. The van der Waals surface area contributed by atoms with E-state index in [-0.39, 0.29) is 5.91 Å². The summed E-state index contributed by atoms with van der Waals surface area (Å²) in [5.41, 5.74) is -0.00795. The number of rotatable bonds is 12. The number of carbonyl (C=O) groups is 1. The van der Waals surface area contributed by atoms with Crippen molar-refractivity contribution in [1.82, 2.24) is 4.90 Å². The van der Waals surface area contributed by atoms with E-state index >= 15 is 0 Å². The van der Waals surface area contributed by atoms with Crippen LogP contribution in [0.15, 0.2) is 24.3 Å². The summed E-state index contributed by atoms with van der Waals surface area (Å²) in [5, 5.41) is 3.00. The van der Waals surface area contributed by atoms with Crippen molar-refractivity contribution >= 4 is 11.6 Å². The Bertz CT molecular complexity index is 545. The lowest BCUT2D eigenvalue weighted by molar-refractivity contribution is -0.140. The molecule has 1 amide bonds. The summed E-state index contributed by atoms with van der Waals surface area (Å²) in [6, 6.07) is 7.61. The zero-order chi connectivity index (χ0) is 19.5. The molecule has 1 atom stereocenters. The lowest BCUT2D eigenvalue weighted by Gasteiger charge is -2.28. The summed E-state index contributed by atoms with van der Waals surface area (Å²) in [7, 11) is 0. The number of anilines is 1. The van der Waals surface area contributed by atoms with Gasteiger partial charge in [0.05, 0.1) is 0 Å². The fraction of sp³-hybridized carbons (Fsp3) is 0.682. The third kappa shape index (κ3) is 7.15. The van der Waals surface area contributed by atoms with Crippen LogP contribution in [-0.2, 0) is 9.53 Å². The molecule has 0 aliphatic carbocycles. The van der Waals surface area contributed by atoms with Gasteiger partial charge in [-0.05, 0) is 70.0 Å². The number of hydrogen-bond acceptors (Lipinski definition) is 4. The highest BCUT2D eigenvalue weighted by Gasteiger charge is 2.33. The predicted molar refractivity (Wildman–Crippen MR) is 110 cm³/mol. The van der Waals surface area contributed by atoms with Crippen LogP contribution in [0, 0.1) is 0 Å². The van der Waals surface area contributed by atoms with E-state index in [0.29, 0.717) is 13.2 Å². The van der Waals surface area contributed by atoms with Crippen LogP contribution in [0.2, 0.25) is 0 Å². The third-order valence-corrected chi connectivity index (χ3v) is 5.10. The molecule has 152 valence electrons. The van der Waals surface area contributed by atoms with Gasteiger partial charge < -0.3 is 14.8 Å². The fourth-order valence-electron chi connectivity index (χ4n) is 3.29. The van der Waals surface area contributed by atoms with Gasteiger partial charge in [-0.3, -0.25) is 9.69 Å². The Hall–Kier alpha value is -1.59. The van der Waals surface area contributed by atoms with E-state index in [1.807, 2.05) is 31.2 Å². The first kappa shape index (κ1) is 21.7. The molecule has 27 heavy (non-hydrogen) atoms. The summed E-state index contributed by atoms with van der Waals surface area (Å²) in [6.07, 6.45) is 6.24. The zero-order valence-corrected chi connectivity index (χ0v) is 17.3. The second kappa shape index (κ2) is 11.3. The number of ether oxygens (including phenoxy) is 2. The van der Waals surface area contributed by atoms with Crippen molar-refractivity contribution in [2.75, 3.05) is 38.2 Å². The fourth-order valence-corrected chi connectivity index (χ4v) is 3.29. The molecule has 5 heteroatoms. The first-order valence-electron chi connectivity index (χ1n) is 10.5. The molecule has 2 rings (SSSR count). The van der Waals surface area contributed by atoms with Gasteiger partial charge in [0.2, 0.25) is 0 Å². The Morgan fingerprint density at radius 3 is 2.44 bits per heavy atom. The number of likely N-dealkylation sites (tertiary alicyclic amines) is 1. The van der Waals surface area contributed by atoms with Crippen LogP contribution in [0.1, 0.15) is 59.3 Å². The second-order valence-corrected chi connectivity index (χ2v) is 7.56. The molecule has 0 radical (unpaired) electrons. The van der Waals surface area contributed by atoms with Gasteiger partial charge in [-0.2, -0.15) is 0 Å². The van der Waals surface area contributed by atoms with Gasteiger partial charge in [0.15, 0.2) is 0 Å². The Kier molecular flexibility index (Phi) is 9.08. The molecule has 1 N–H and O–H groups in total. The molecule has 1 aliphatic rings. The van der Waals surface area contributed by atoms with Gasteiger partial charge >= 0.3 is 0 Å². The average molecular weight is 377 g/mol. The van der Waals surface area contributed by atoms with Crippen LogP contribution in [0.25, 0.3) is 0 Å². The number of amides is 1. The van der Waals surface area contributed by atoms with Gasteiger partial charge in [-0.25, -0.2) is 0 Å². The Balaban J connectivity index is 1.84. The molecule has 0 aromatic heterocycles. The van der Waals surface area contributed by atoms with Crippen molar-refractivity contribution in [3.05, 3.63) is 24.3 Å². The number of nitrogens with zero attached hydrogens (tertiary/aromatic N) is 1. The number of unbranched alkanes of at least 4 members (excludes halogenated alkanes) is 1. The van der Waals surface area contributed by atoms with Crippen LogP contribution < -0.4 is 10.1 Å². The number of carbonyl (C=O) groups excluding carboxylic acids is 1. The lowest BCUT2D eigenvalue weighted by atomic mass is 9.97. The van der Waals surface area contributed by atoms with Crippen LogP contribution in [0.4, 0.5) is 5.69 Å². The smallest absolute Gasteiger partial charge is 0.256 e. The van der Waals surface area contributed by atoms with E-state index in [2.05, 4.69) is 24.1 Å². The highest BCUT2D eigenvalue weighted by Crippen LogP contribution is 2.23. The zero-order valence-electron chi connectivity index (χ0n) is 17.3. The van der Waals surface area contributed by atoms with Crippen molar-refractivity contribution in [3.63, 3.8) is 0 Å².